The van der Waals surface area contributed by atoms with Gasteiger partial charge in [-0.1, -0.05) is 12.1 Å². The normalized spacial score (nSPS) is 12.5. The van der Waals surface area contributed by atoms with Crippen LogP contribution in [-0.4, -0.2) is 10.1 Å². The Labute approximate surface area is 71.6 Å². The molecule has 0 aliphatic carbocycles. The number of pyridine rings is 1. The van der Waals surface area contributed by atoms with Gasteiger partial charge in [0.25, 0.3) is 0 Å². The first-order valence-corrected chi connectivity index (χ1v) is 3.71. The van der Waals surface area contributed by atoms with Gasteiger partial charge in [0, 0.05) is 12.2 Å². The maximum atomic E-state index is 8.71. The Morgan fingerprint density at radius 3 is 2.83 bits per heavy atom. The van der Waals surface area contributed by atoms with Gasteiger partial charge in [-0.2, -0.15) is 0 Å². The summed E-state index contributed by atoms with van der Waals surface area (Å²) in [5.74, 6) is 0. The summed E-state index contributed by atoms with van der Waals surface area (Å²) in [6.45, 7) is 3.54. The van der Waals surface area contributed by atoms with E-state index in [0.717, 1.165) is 5.56 Å². The van der Waals surface area contributed by atoms with E-state index in [1.165, 1.54) is 0 Å². The molecule has 3 N–H and O–H groups in total. The summed E-state index contributed by atoms with van der Waals surface area (Å²) in [7, 11) is 0. The topological polar surface area (TPSA) is 59.1 Å². The molecular formula is C9H12N2O. The van der Waals surface area contributed by atoms with Gasteiger partial charge in [-0.3, -0.25) is 4.98 Å². The number of hydrogen-bond donors (Lipinski definition) is 2. The zero-order valence-corrected chi connectivity index (χ0v) is 6.77. The van der Waals surface area contributed by atoms with E-state index >= 15 is 0 Å². The van der Waals surface area contributed by atoms with E-state index < -0.39 is 0 Å². The highest BCUT2D eigenvalue weighted by molar-refractivity contribution is 5.20. The fraction of sp³-hybridized carbons (Fsp3) is 0.222. The largest absolute Gasteiger partial charge is 0.390 e. The summed E-state index contributed by atoms with van der Waals surface area (Å²) < 4.78 is 0. The SMILES string of the molecule is C=CC(N)c1ccc(CO)nc1. The minimum Gasteiger partial charge on any atom is -0.390 e. The molecule has 64 valence electrons. The summed E-state index contributed by atoms with van der Waals surface area (Å²) in [6, 6.07) is 3.41. The van der Waals surface area contributed by atoms with Crippen LogP contribution in [0.25, 0.3) is 0 Å². The van der Waals surface area contributed by atoms with Crippen LogP contribution in [0.2, 0.25) is 0 Å². The predicted octanol–water partition coefficient (Wildman–Crippen LogP) is 0.760. The second-order valence-electron chi connectivity index (χ2n) is 2.50. The highest BCUT2D eigenvalue weighted by Crippen LogP contribution is 2.09. The van der Waals surface area contributed by atoms with Crippen LogP contribution < -0.4 is 5.73 Å². The van der Waals surface area contributed by atoms with Crippen LogP contribution >= 0.6 is 0 Å². The molecule has 1 rings (SSSR count). The first-order chi connectivity index (χ1) is 5.77. The second-order valence-corrected chi connectivity index (χ2v) is 2.50. The van der Waals surface area contributed by atoms with Crippen molar-refractivity contribution in [2.45, 2.75) is 12.6 Å². The number of nitrogens with zero attached hydrogens (tertiary/aromatic N) is 1. The van der Waals surface area contributed by atoms with Crippen molar-refractivity contribution < 1.29 is 5.11 Å². The van der Waals surface area contributed by atoms with E-state index in [2.05, 4.69) is 11.6 Å². The van der Waals surface area contributed by atoms with Crippen LogP contribution in [0.1, 0.15) is 17.3 Å². The molecular weight excluding hydrogens is 152 g/mol. The van der Waals surface area contributed by atoms with E-state index in [-0.39, 0.29) is 12.6 Å². The molecule has 1 heterocycles. The van der Waals surface area contributed by atoms with Crippen molar-refractivity contribution >= 4 is 0 Å². The number of nitrogens with two attached hydrogens (primary N) is 1. The molecule has 0 fully saturated rings. The lowest BCUT2D eigenvalue weighted by molar-refractivity contribution is 0.277. The Kier molecular flexibility index (Phi) is 2.96. The maximum absolute atomic E-state index is 8.71. The minimum atomic E-state index is -0.176. The van der Waals surface area contributed by atoms with Crippen LogP contribution in [0.3, 0.4) is 0 Å². The van der Waals surface area contributed by atoms with E-state index in [1.807, 2.05) is 6.07 Å². The molecule has 0 radical (unpaired) electrons. The van der Waals surface area contributed by atoms with Crippen molar-refractivity contribution in [2.24, 2.45) is 5.73 Å². The molecule has 0 saturated heterocycles. The lowest BCUT2D eigenvalue weighted by atomic mass is 10.1. The highest BCUT2D eigenvalue weighted by Gasteiger charge is 2.00. The number of rotatable bonds is 3. The average Bonchev–Trinajstić information content (AvgIpc) is 2.17. The van der Waals surface area contributed by atoms with Crippen molar-refractivity contribution in [2.75, 3.05) is 0 Å². The molecule has 1 atom stereocenters. The van der Waals surface area contributed by atoms with Gasteiger partial charge in [-0.05, 0) is 11.6 Å². The molecule has 1 aromatic rings. The van der Waals surface area contributed by atoms with Crippen LogP contribution in [0.15, 0.2) is 31.0 Å². The monoisotopic (exact) mass is 164 g/mol. The molecule has 0 amide bonds. The molecule has 3 heteroatoms. The molecule has 1 aromatic heterocycles. The maximum Gasteiger partial charge on any atom is 0.0852 e. The van der Waals surface area contributed by atoms with E-state index in [4.69, 9.17) is 10.8 Å². The number of aliphatic hydroxyl groups excluding tert-OH is 1. The van der Waals surface area contributed by atoms with Crippen LogP contribution in [0.4, 0.5) is 0 Å². The summed E-state index contributed by atoms with van der Waals surface area (Å²) in [5, 5.41) is 8.71. The molecule has 0 saturated carbocycles. The van der Waals surface area contributed by atoms with Crippen molar-refractivity contribution in [3.05, 3.63) is 42.2 Å². The van der Waals surface area contributed by atoms with Crippen LogP contribution in [-0.2, 0) is 6.61 Å². The Morgan fingerprint density at radius 1 is 1.67 bits per heavy atom. The molecule has 0 aliphatic heterocycles. The fourth-order valence-corrected chi connectivity index (χ4v) is 0.863. The molecule has 0 bridgehead atoms. The highest BCUT2D eigenvalue weighted by atomic mass is 16.3. The molecule has 3 nitrogen and oxygen atoms in total. The first-order valence-electron chi connectivity index (χ1n) is 3.71. The van der Waals surface area contributed by atoms with E-state index in [9.17, 15) is 0 Å². The zero-order valence-electron chi connectivity index (χ0n) is 6.77. The zero-order chi connectivity index (χ0) is 8.97. The number of aliphatic hydroxyl groups is 1. The van der Waals surface area contributed by atoms with Gasteiger partial charge in [0.05, 0.1) is 12.3 Å². The number of hydrogen-bond acceptors (Lipinski definition) is 3. The molecule has 0 aliphatic rings. The Bertz CT molecular complexity index is 256. The predicted molar refractivity (Wildman–Crippen MR) is 47.3 cm³/mol. The third kappa shape index (κ3) is 1.90. The molecule has 12 heavy (non-hydrogen) atoms. The molecule has 1 unspecified atom stereocenters. The standard InChI is InChI=1S/C9H12N2O/c1-2-9(10)7-3-4-8(6-12)11-5-7/h2-5,9,12H,1,6,10H2. The Morgan fingerprint density at radius 2 is 2.42 bits per heavy atom. The average molecular weight is 164 g/mol. The van der Waals surface area contributed by atoms with Gasteiger partial charge in [0.1, 0.15) is 0 Å². The van der Waals surface area contributed by atoms with E-state index in [1.54, 1.807) is 18.3 Å². The van der Waals surface area contributed by atoms with Crippen LogP contribution in [0, 0.1) is 0 Å². The van der Waals surface area contributed by atoms with Gasteiger partial charge < -0.3 is 10.8 Å². The van der Waals surface area contributed by atoms with Crippen molar-refractivity contribution in [3.63, 3.8) is 0 Å². The molecule has 0 aromatic carbocycles. The van der Waals surface area contributed by atoms with E-state index in [0.29, 0.717) is 5.69 Å². The van der Waals surface area contributed by atoms with Crippen LogP contribution in [0.5, 0.6) is 0 Å². The summed E-state index contributed by atoms with van der Waals surface area (Å²) in [5.41, 5.74) is 7.22. The third-order valence-corrected chi connectivity index (χ3v) is 1.65. The van der Waals surface area contributed by atoms with Gasteiger partial charge in [0.2, 0.25) is 0 Å². The number of aromatic nitrogens is 1. The minimum absolute atomic E-state index is 0.0381. The van der Waals surface area contributed by atoms with Crippen molar-refractivity contribution in [1.82, 2.24) is 4.98 Å². The van der Waals surface area contributed by atoms with Gasteiger partial charge in [-0.25, -0.2) is 0 Å². The van der Waals surface area contributed by atoms with Crippen molar-refractivity contribution in [3.8, 4) is 0 Å². The quantitative estimate of drug-likeness (QED) is 0.648. The van der Waals surface area contributed by atoms with Gasteiger partial charge in [0.15, 0.2) is 0 Å². The Balaban J connectivity index is 2.84. The second kappa shape index (κ2) is 3.99. The summed E-state index contributed by atoms with van der Waals surface area (Å²) in [4.78, 5) is 3.99. The van der Waals surface area contributed by atoms with Crippen molar-refractivity contribution in [1.29, 1.82) is 0 Å². The smallest absolute Gasteiger partial charge is 0.0852 e. The Hall–Kier alpha value is -1.19. The summed E-state index contributed by atoms with van der Waals surface area (Å²) >= 11 is 0. The third-order valence-electron chi connectivity index (χ3n) is 1.65. The lowest BCUT2D eigenvalue weighted by Gasteiger charge is -2.05. The summed E-state index contributed by atoms with van der Waals surface area (Å²) in [6.07, 6.45) is 3.30. The lowest BCUT2D eigenvalue weighted by Crippen LogP contribution is -2.07. The van der Waals surface area contributed by atoms with Gasteiger partial charge >= 0.3 is 0 Å². The fourth-order valence-electron chi connectivity index (χ4n) is 0.863. The first kappa shape index (κ1) is 8.90. The van der Waals surface area contributed by atoms with Gasteiger partial charge in [-0.15, -0.1) is 6.58 Å². The molecule has 0 spiro atoms.